The van der Waals surface area contributed by atoms with Crippen molar-refractivity contribution in [3.05, 3.63) is 46.4 Å². The summed E-state index contributed by atoms with van der Waals surface area (Å²) >= 11 is 3.55. The molecule has 1 N–H and O–H groups in total. The molecule has 2 aromatic carbocycles. The first kappa shape index (κ1) is 16.5. The van der Waals surface area contributed by atoms with Gasteiger partial charge in [-0.25, -0.2) is 4.79 Å². The van der Waals surface area contributed by atoms with Crippen LogP contribution in [-0.4, -0.2) is 24.7 Å². The Bertz CT molecular complexity index is 720. The van der Waals surface area contributed by atoms with Crippen LogP contribution in [0.15, 0.2) is 40.9 Å². The molecule has 0 bridgehead atoms. The van der Waals surface area contributed by atoms with Gasteiger partial charge in [0.25, 0.3) is 0 Å². The summed E-state index contributed by atoms with van der Waals surface area (Å²) in [5.41, 5.74) is 0.179. The maximum atomic E-state index is 12.8. The quantitative estimate of drug-likeness (QED) is 0.800. The Balaban J connectivity index is 1.87. The van der Waals surface area contributed by atoms with Crippen LogP contribution in [0.1, 0.15) is 37.0 Å². The molecule has 2 aromatic rings. The van der Waals surface area contributed by atoms with Crippen LogP contribution in [0.3, 0.4) is 0 Å². The summed E-state index contributed by atoms with van der Waals surface area (Å²) in [7, 11) is 0. The van der Waals surface area contributed by atoms with E-state index >= 15 is 0 Å². The molecule has 4 heteroatoms. The van der Waals surface area contributed by atoms with Crippen LogP contribution in [-0.2, 0) is 4.74 Å². The van der Waals surface area contributed by atoms with Crippen LogP contribution in [0.25, 0.3) is 10.8 Å². The molecule has 1 aliphatic heterocycles. The molecule has 122 valence electrons. The van der Waals surface area contributed by atoms with Crippen LogP contribution in [0, 0.1) is 5.92 Å². The van der Waals surface area contributed by atoms with Gasteiger partial charge in [0.2, 0.25) is 0 Å². The molecule has 0 aromatic heterocycles. The number of hydrogen-bond donors (Lipinski definition) is 1. The van der Waals surface area contributed by atoms with E-state index in [-0.39, 0.29) is 5.97 Å². The first-order valence-electron chi connectivity index (χ1n) is 8.10. The maximum absolute atomic E-state index is 12.8. The Labute approximate surface area is 145 Å². The van der Waals surface area contributed by atoms with E-state index in [9.17, 15) is 4.79 Å². The van der Waals surface area contributed by atoms with Crippen molar-refractivity contribution >= 4 is 32.7 Å². The number of ether oxygens (including phenoxy) is 1. The molecule has 1 fully saturated rings. The zero-order chi connectivity index (χ0) is 16.4. The van der Waals surface area contributed by atoms with Crippen LogP contribution in [0.2, 0.25) is 0 Å². The van der Waals surface area contributed by atoms with Gasteiger partial charge in [0, 0.05) is 10.4 Å². The van der Waals surface area contributed by atoms with Crippen LogP contribution in [0.5, 0.6) is 0 Å². The summed E-state index contributed by atoms with van der Waals surface area (Å²) in [4.78, 5) is 12.8. The fourth-order valence-corrected chi connectivity index (χ4v) is 3.81. The van der Waals surface area contributed by atoms with E-state index in [4.69, 9.17) is 4.74 Å². The highest BCUT2D eigenvalue weighted by Crippen LogP contribution is 2.32. The fraction of sp³-hybridized carbons (Fsp3) is 0.421. The van der Waals surface area contributed by atoms with Crippen molar-refractivity contribution in [1.29, 1.82) is 0 Å². The van der Waals surface area contributed by atoms with Crippen LogP contribution in [0.4, 0.5) is 0 Å². The predicted molar refractivity (Wildman–Crippen MR) is 96.7 cm³/mol. The van der Waals surface area contributed by atoms with Gasteiger partial charge in [-0.1, -0.05) is 40.2 Å². The molecule has 3 nitrogen and oxygen atoms in total. The average molecular weight is 376 g/mol. The predicted octanol–water partition coefficient (Wildman–Crippen LogP) is 4.54. The minimum atomic E-state index is -0.451. The molecule has 0 saturated carbocycles. The second-order valence-electron chi connectivity index (χ2n) is 6.66. The molecule has 3 rings (SSSR count). The van der Waals surface area contributed by atoms with Crippen molar-refractivity contribution in [1.82, 2.24) is 5.32 Å². The lowest BCUT2D eigenvalue weighted by Crippen LogP contribution is -2.42. The normalized spacial score (nSPS) is 16.5. The van der Waals surface area contributed by atoms with E-state index in [2.05, 4.69) is 21.2 Å². The lowest BCUT2D eigenvalue weighted by atomic mass is 9.83. The van der Waals surface area contributed by atoms with E-state index in [0.29, 0.717) is 11.5 Å². The molecule has 0 aliphatic carbocycles. The number of benzene rings is 2. The topological polar surface area (TPSA) is 38.3 Å². The molecular formula is C19H22BrNO2. The summed E-state index contributed by atoms with van der Waals surface area (Å²) in [6, 6.07) is 11.6. The highest BCUT2D eigenvalue weighted by Gasteiger charge is 2.34. The Kier molecular flexibility index (Phi) is 4.74. The van der Waals surface area contributed by atoms with E-state index in [1.807, 2.05) is 50.2 Å². The maximum Gasteiger partial charge on any atom is 0.339 e. The smallest absolute Gasteiger partial charge is 0.339 e. The van der Waals surface area contributed by atoms with Gasteiger partial charge in [0.1, 0.15) is 5.60 Å². The first-order chi connectivity index (χ1) is 11.0. The van der Waals surface area contributed by atoms with Crippen molar-refractivity contribution in [2.75, 3.05) is 13.1 Å². The molecule has 0 spiro atoms. The third-order valence-electron chi connectivity index (χ3n) is 4.77. The number of fused-ring (bicyclic) bond motifs is 1. The fourth-order valence-electron chi connectivity index (χ4n) is 3.33. The zero-order valence-electron chi connectivity index (χ0n) is 13.6. The summed E-state index contributed by atoms with van der Waals surface area (Å²) in [5, 5.41) is 5.31. The standard InChI is InChI=1S/C19H22BrNO2/c1-19(2,13-9-11-21-12-10-13)23-18(22)16-7-8-17(20)15-6-4-3-5-14(15)16/h3-8,13,21H,9-12H2,1-2H3. The lowest BCUT2D eigenvalue weighted by Gasteiger charge is -2.36. The van der Waals surface area contributed by atoms with Gasteiger partial charge >= 0.3 is 5.97 Å². The Hall–Kier alpha value is -1.39. The minimum Gasteiger partial charge on any atom is -0.456 e. The summed E-state index contributed by atoms with van der Waals surface area (Å²) in [6.45, 7) is 6.05. The Morgan fingerprint density at radius 2 is 1.78 bits per heavy atom. The molecule has 0 radical (unpaired) electrons. The monoisotopic (exact) mass is 375 g/mol. The molecular weight excluding hydrogens is 354 g/mol. The third kappa shape index (κ3) is 3.43. The number of nitrogens with one attached hydrogen (secondary N) is 1. The summed E-state index contributed by atoms with van der Waals surface area (Å²) in [6.07, 6.45) is 2.09. The number of carbonyl (C=O) groups excluding carboxylic acids is 1. The van der Waals surface area contributed by atoms with Gasteiger partial charge in [-0.15, -0.1) is 0 Å². The van der Waals surface area contributed by atoms with Crippen LogP contribution >= 0.6 is 15.9 Å². The van der Waals surface area contributed by atoms with Gasteiger partial charge in [-0.3, -0.25) is 0 Å². The molecule has 1 saturated heterocycles. The number of carbonyl (C=O) groups is 1. The molecule has 0 amide bonds. The highest BCUT2D eigenvalue weighted by atomic mass is 79.9. The lowest BCUT2D eigenvalue weighted by molar-refractivity contribution is -0.0366. The van der Waals surface area contributed by atoms with E-state index in [1.165, 1.54) is 0 Å². The third-order valence-corrected chi connectivity index (χ3v) is 5.46. The largest absolute Gasteiger partial charge is 0.456 e. The highest BCUT2D eigenvalue weighted by molar-refractivity contribution is 9.10. The first-order valence-corrected chi connectivity index (χ1v) is 8.89. The molecule has 0 atom stereocenters. The average Bonchev–Trinajstić information content (AvgIpc) is 2.56. The van der Waals surface area contributed by atoms with E-state index in [0.717, 1.165) is 41.2 Å². The number of hydrogen-bond acceptors (Lipinski definition) is 3. The van der Waals surface area contributed by atoms with Crippen molar-refractivity contribution in [3.63, 3.8) is 0 Å². The molecule has 23 heavy (non-hydrogen) atoms. The van der Waals surface area contributed by atoms with Gasteiger partial charge in [-0.2, -0.15) is 0 Å². The van der Waals surface area contributed by atoms with Gasteiger partial charge in [0.05, 0.1) is 5.56 Å². The molecule has 0 unspecified atom stereocenters. The SMILES string of the molecule is CC(C)(OC(=O)c1ccc(Br)c2ccccc12)C1CCNCC1. The Morgan fingerprint density at radius 3 is 2.48 bits per heavy atom. The summed E-state index contributed by atoms with van der Waals surface area (Å²) in [5.74, 6) is 0.159. The van der Waals surface area contributed by atoms with E-state index < -0.39 is 5.60 Å². The second kappa shape index (κ2) is 6.62. The van der Waals surface area contributed by atoms with Crippen LogP contribution < -0.4 is 5.32 Å². The number of rotatable bonds is 3. The van der Waals surface area contributed by atoms with Crippen molar-refractivity contribution in [2.24, 2.45) is 5.92 Å². The van der Waals surface area contributed by atoms with Crippen molar-refractivity contribution in [3.8, 4) is 0 Å². The van der Waals surface area contributed by atoms with Gasteiger partial charge in [-0.05, 0) is 62.7 Å². The van der Waals surface area contributed by atoms with E-state index in [1.54, 1.807) is 0 Å². The minimum absolute atomic E-state index is 0.239. The second-order valence-corrected chi connectivity index (χ2v) is 7.51. The molecule has 1 heterocycles. The molecule has 1 aliphatic rings. The van der Waals surface area contributed by atoms with Gasteiger partial charge in [0.15, 0.2) is 0 Å². The number of piperidine rings is 1. The number of halogens is 1. The summed E-state index contributed by atoms with van der Waals surface area (Å²) < 4.78 is 6.92. The Morgan fingerprint density at radius 1 is 1.13 bits per heavy atom. The van der Waals surface area contributed by atoms with Gasteiger partial charge < -0.3 is 10.1 Å². The number of esters is 1. The van der Waals surface area contributed by atoms with Crippen molar-refractivity contribution in [2.45, 2.75) is 32.3 Å². The zero-order valence-corrected chi connectivity index (χ0v) is 15.2. The van der Waals surface area contributed by atoms with Crippen molar-refractivity contribution < 1.29 is 9.53 Å².